The first-order valence-electron chi connectivity index (χ1n) is 5.66. The number of hydrogen-bond donors (Lipinski definition) is 1. The highest BCUT2D eigenvalue weighted by molar-refractivity contribution is 6.04. The van der Waals surface area contributed by atoms with Crippen LogP contribution in [-0.4, -0.2) is 48.2 Å². The molecule has 0 aromatic heterocycles. The third-order valence-electron chi connectivity index (χ3n) is 3.63. The molecule has 1 aliphatic carbocycles. The van der Waals surface area contributed by atoms with Crippen molar-refractivity contribution in [2.75, 3.05) is 20.2 Å². The molecule has 0 unspecified atom stereocenters. The van der Waals surface area contributed by atoms with Gasteiger partial charge in [-0.2, -0.15) is 0 Å². The van der Waals surface area contributed by atoms with Crippen LogP contribution in [0.2, 0.25) is 0 Å². The summed E-state index contributed by atoms with van der Waals surface area (Å²) in [5, 5.41) is 9.03. The van der Waals surface area contributed by atoms with Crippen molar-refractivity contribution < 1.29 is 19.4 Å². The molecule has 1 saturated carbocycles. The average molecular weight is 227 g/mol. The number of carboxylic acid groups (broad SMARTS) is 1. The molecule has 1 amide bonds. The number of carboxylic acids is 1. The van der Waals surface area contributed by atoms with E-state index in [0.717, 1.165) is 12.8 Å². The van der Waals surface area contributed by atoms with Crippen molar-refractivity contribution in [2.24, 2.45) is 5.41 Å². The normalized spacial score (nSPS) is 24.2. The van der Waals surface area contributed by atoms with Gasteiger partial charge in [-0.15, -0.1) is 0 Å². The summed E-state index contributed by atoms with van der Waals surface area (Å²) in [7, 11) is 1.67. The van der Waals surface area contributed by atoms with Gasteiger partial charge < -0.3 is 14.7 Å². The molecule has 0 aromatic rings. The number of carbonyl (C=O) groups excluding carboxylic acids is 1. The van der Waals surface area contributed by atoms with E-state index in [0.29, 0.717) is 25.9 Å². The van der Waals surface area contributed by atoms with Crippen LogP contribution in [0.5, 0.6) is 0 Å². The molecule has 1 saturated heterocycles. The van der Waals surface area contributed by atoms with E-state index in [9.17, 15) is 9.59 Å². The van der Waals surface area contributed by atoms with Gasteiger partial charge in [0.15, 0.2) is 0 Å². The van der Waals surface area contributed by atoms with Gasteiger partial charge in [-0.1, -0.05) is 0 Å². The Balaban J connectivity index is 1.95. The molecule has 2 aliphatic rings. The third kappa shape index (κ3) is 1.80. The fraction of sp³-hybridized carbons (Fsp3) is 0.818. The molecule has 0 aromatic carbocycles. The highest BCUT2D eigenvalue weighted by Crippen LogP contribution is 2.47. The zero-order valence-corrected chi connectivity index (χ0v) is 9.44. The minimum atomic E-state index is -1.08. The second-order valence-electron chi connectivity index (χ2n) is 4.61. The van der Waals surface area contributed by atoms with E-state index >= 15 is 0 Å². The summed E-state index contributed by atoms with van der Waals surface area (Å²) in [5.41, 5.74) is -1.08. The van der Waals surface area contributed by atoms with Crippen molar-refractivity contribution in [3.8, 4) is 0 Å². The average Bonchev–Trinajstić information content (AvgIpc) is 3.09. The summed E-state index contributed by atoms with van der Waals surface area (Å²) < 4.78 is 5.21. The Morgan fingerprint density at radius 1 is 1.31 bits per heavy atom. The largest absolute Gasteiger partial charge is 0.480 e. The number of nitrogens with zero attached hydrogens (tertiary/aromatic N) is 1. The zero-order chi connectivity index (χ0) is 11.8. The van der Waals surface area contributed by atoms with Crippen molar-refractivity contribution in [3.63, 3.8) is 0 Å². The molecule has 90 valence electrons. The van der Waals surface area contributed by atoms with Crippen LogP contribution < -0.4 is 0 Å². The quantitative estimate of drug-likeness (QED) is 0.712. The molecule has 5 heteroatoms. The van der Waals surface area contributed by atoms with Crippen LogP contribution in [0.1, 0.15) is 25.7 Å². The van der Waals surface area contributed by atoms with E-state index in [2.05, 4.69) is 0 Å². The predicted octanol–water partition coefficient (Wildman–Crippen LogP) is 0.489. The number of piperidine rings is 1. The predicted molar refractivity (Wildman–Crippen MR) is 55.9 cm³/mol. The first-order valence-corrected chi connectivity index (χ1v) is 5.66. The van der Waals surface area contributed by atoms with E-state index in [-0.39, 0.29) is 12.0 Å². The van der Waals surface area contributed by atoms with Crippen molar-refractivity contribution in [1.82, 2.24) is 4.90 Å². The molecule has 16 heavy (non-hydrogen) atoms. The molecule has 1 aliphatic heterocycles. The summed E-state index contributed by atoms with van der Waals surface area (Å²) >= 11 is 0. The van der Waals surface area contributed by atoms with Crippen LogP contribution >= 0.6 is 0 Å². The molecule has 1 heterocycles. The Morgan fingerprint density at radius 2 is 1.88 bits per heavy atom. The van der Waals surface area contributed by atoms with Gasteiger partial charge in [-0.3, -0.25) is 9.59 Å². The molecule has 2 fully saturated rings. The molecule has 0 radical (unpaired) electrons. The number of amides is 1. The van der Waals surface area contributed by atoms with E-state index in [1.165, 1.54) is 0 Å². The van der Waals surface area contributed by atoms with Crippen molar-refractivity contribution in [1.29, 1.82) is 0 Å². The number of carbonyl (C=O) groups is 2. The highest BCUT2D eigenvalue weighted by atomic mass is 16.5. The van der Waals surface area contributed by atoms with Crippen molar-refractivity contribution >= 4 is 11.9 Å². The van der Waals surface area contributed by atoms with E-state index in [1.807, 2.05) is 0 Å². The number of rotatable bonds is 3. The summed E-state index contributed by atoms with van der Waals surface area (Å²) in [5.74, 6) is -1.17. The lowest BCUT2D eigenvalue weighted by atomic mass is 10.0. The Labute approximate surface area is 94.4 Å². The number of aliphatic carboxylic acids is 1. The van der Waals surface area contributed by atoms with E-state index < -0.39 is 11.4 Å². The Hall–Kier alpha value is -1.10. The van der Waals surface area contributed by atoms with Crippen LogP contribution in [-0.2, 0) is 14.3 Å². The standard InChI is InChI=1S/C11H17NO4/c1-16-8-2-6-12(7-3-8)9(13)11(4-5-11)10(14)15/h8H,2-7H2,1H3,(H,14,15). The summed E-state index contributed by atoms with van der Waals surface area (Å²) in [6.07, 6.45) is 2.80. The SMILES string of the molecule is COC1CCN(C(=O)C2(C(=O)O)CC2)CC1. The molecule has 5 nitrogen and oxygen atoms in total. The van der Waals surface area contributed by atoms with Gasteiger partial charge in [0.25, 0.3) is 0 Å². The fourth-order valence-electron chi connectivity index (χ4n) is 2.24. The monoisotopic (exact) mass is 227 g/mol. The van der Waals surface area contributed by atoms with Gasteiger partial charge in [-0.25, -0.2) is 0 Å². The molecule has 0 spiro atoms. The molecule has 2 rings (SSSR count). The van der Waals surface area contributed by atoms with Crippen LogP contribution in [0.15, 0.2) is 0 Å². The number of ether oxygens (including phenoxy) is 1. The first kappa shape index (κ1) is 11.4. The maximum atomic E-state index is 12.0. The van der Waals surface area contributed by atoms with Gasteiger partial charge in [0.2, 0.25) is 5.91 Å². The molecular weight excluding hydrogens is 210 g/mol. The van der Waals surface area contributed by atoms with Crippen molar-refractivity contribution in [3.05, 3.63) is 0 Å². The van der Waals surface area contributed by atoms with Gasteiger partial charge >= 0.3 is 5.97 Å². The molecule has 0 atom stereocenters. The molecule has 0 bridgehead atoms. The lowest BCUT2D eigenvalue weighted by Crippen LogP contribution is -2.46. The minimum absolute atomic E-state index is 0.199. The van der Waals surface area contributed by atoms with Crippen LogP contribution in [0.3, 0.4) is 0 Å². The summed E-state index contributed by atoms with van der Waals surface area (Å²) in [4.78, 5) is 24.7. The Kier molecular flexibility index (Phi) is 2.88. The number of hydrogen-bond acceptors (Lipinski definition) is 3. The summed E-state index contributed by atoms with van der Waals surface area (Å²) in [6, 6.07) is 0. The lowest BCUT2D eigenvalue weighted by Gasteiger charge is -2.32. The number of likely N-dealkylation sites (tertiary alicyclic amines) is 1. The second-order valence-corrected chi connectivity index (χ2v) is 4.61. The van der Waals surface area contributed by atoms with Gasteiger partial charge in [0.05, 0.1) is 6.10 Å². The molecular formula is C11H17NO4. The van der Waals surface area contributed by atoms with Crippen LogP contribution in [0.4, 0.5) is 0 Å². The topological polar surface area (TPSA) is 66.8 Å². The smallest absolute Gasteiger partial charge is 0.319 e. The summed E-state index contributed by atoms with van der Waals surface area (Å²) in [6.45, 7) is 1.23. The lowest BCUT2D eigenvalue weighted by molar-refractivity contribution is -0.154. The Bertz CT molecular complexity index is 303. The van der Waals surface area contributed by atoms with E-state index in [4.69, 9.17) is 9.84 Å². The maximum absolute atomic E-state index is 12.0. The van der Waals surface area contributed by atoms with Gasteiger partial charge in [-0.05, 0) is 25.7 Å². The van der Waals surface area contributed by atoms with Crippen LogP contribution in [0, 0.1) is 5.41 Å². The van der Waals surface area contributed by atoms with E-state index in [1.54, 1.807) is 12.0 Å². The minimum Gasteiger partial charge on any atom is -0.480 e. The molecule has 1 N–H and O–H groups in total. The van der Waals surface area contributed by atoms with Gasteiger partial charge in [0.1, 0.15) is 5.41 Å². The fourth-order valence-corrected chi connectivity index (χ4v) is 2.24. The Morgan fingerprint density at radius 3 is 2.25 bits per heavy atom. The maximum Gasteiger partial charge on any atom is 0.319 e. The number of methoxy groups -OCH3 is 1. The third-order valence-corrected chi connectivity index (χ3v) is 3.63. The second kappa shape index (κ2) is 4.05. The van der Waals surface area contributed by atoms with Crippen LogP contribution in [0.25, 0.3) is 0 Å². The van der Waals surface area contributed by atoms with Crippen molar-refractivity contribution in [2.45, 2.75) is 31.8 Å². The zero-order valence-electron chi connectivity index (χ0n) is 9.44. The first-order chi connectivity index (χ1) is 7.60. The van der Waals surface area contributed by atoms with Gasteiger partial charge in [0, 0.05) is 20.2 Å². The highest BCUT2D eigenvalue weighted by Gasteiger charge is 2.58.